The molecular formula is C15H21NS2. The minimum Gasteiger partial charge on any atom is -0.305 e. The van der Waals surface area contributed by atoms with E-state index in [1.54, 1.807) is 0 Å². The Balaban J connectivity index is 2.26. The highest BCUT2D eigenvalue weighted by atomic mass is 32.1. The van der Waals surface area contributed by atoms with Gasteiger partial charge in [0.2, 0.25) is 0 Å². The van der Waals surface area contributed by atoms with Crippen LogP contribution in [0.2, 0.25) is 0 Å². The molecular weight excluding hydrogens is 258 g/mol. The molecule has 0 aliphatic heterocycles. The maximum Gasteiger partial charge on any atom is 0.0765 e. The molecule has 0 aromatic carbocycles. The molecule has 0 saturated carbocycles. The minimum atomic E-state index is 0.380. The van der Waals surface area contributed by atoms with E-state index in [-0.39, 0.29) is 0 Å². The van der Waals surface area contributed by atoms with Gasteiger partial charge in [-0.1, -0.05) is 20.8 Å². The highest BCUT2D eigenvalue weighted by Crippen LogP contribution is 2.32. The molecule has 0 radical (unpaired) electrons. The van der Waals surface area contributed by atoms with Crippen LogP contribution in [-0.4, -0.2) is 6.54 Å². The number of thiophene rings is 2. The van der Waals surface area contributed by atoms with Crippen molar-refractivity contribution >= 4 is 22.7 Å². The van der Waals surface area contributed by atoms with Crippen LogP contribution in [0.25, 0.3) is 0 Å². The van der Waals surface area contributed by atoms with E-state index < -0.39 is 0 Å². The molecule has 2 aromatic rings. The number of aryl methyl sites for hydroxylation is 2. The topological polar surface area (TPSA) is 12.0 Å². The molecule has 0 unspecified atom stereocenters. The summed E-state index contributed by atoms with van der Waals surface area (Å²) in [4.78, 5) is 5.83. The number of hydrogen-bond donors (Lipinski definition) is 1. The van der Waals surface area contributed by atoms with Crippen molar-refractivity contribution in [3.8, 4) is 0 Å². The van der Waals surface area contributed by atoms with Crippen LogP contribution in [0.1, 0.15) is 46.3 Å². The van der Waals surface area contributed by atoms with Crippen LogP contribution in [0.3, 0.4) is 0 Å². The third-order valence-electron chi connectivity index (χ3n) is 3.04. The third-order valence-corrected chi connectivity index (χ3v) is 5.63. The molecule has 0 bridgehead atoms. The summed E-state index contributed by atoms with van der Waals surface area (Å²) in [6.45, 7) is 7.62. The van der Waals surface area contributed by atoms with Gasteiger partial charge in [0, 0.05) is 19.5 Å². The third kappa shape index (κ3) is 3.02. The lowest BCUT2D eigenvalue weighted by Gasteiger charge is -2.14. The van der Waals surface area contributed by atoms with Crippen LogP contribution >= 0.6 is 22.7 Å². The molecule has 3 heteroatoms. The zero-order chi connectivity index (χ0) is 13.0. The van der Waals surface area contributed by atoms with E-state index in [0.717, 1.165) is 19.4 Å². The Hall–Kier alpha value is -0.640. The molecule has 0 fully saturated rings. The van der Waals surface area contributed by atoms with Gasteiger partial charge in [0.1, 0.15) is 0 Å². The molecule has 1 N–H and O–H groups in total. The molecule has 0 atom stereocenters. The van der Waals surface area contributed by atoms with E-state index >= 15 is 0 Å². The maximum absolute atomic E-state index is 3.61. The van der Waals surface area contributed by atoms with Gasteiger partial charge in [0.25, 0.3) is 0 Å². The fourth-order valence-electron chi connectivity index (χ4n) is 2.02. The van der Waals surface area contributed by atoms with Crippen LogP contribution in [0.5, 0.6) is 0 Å². The Labute approximate surface area is 118 Å². The summed E-state index contributed by atoms with van der Waals surface area (Å²) in [6.07, 6.45) is 2.27. The van der Waals surface area contributed by atoms with Crippen LogP contribution in [-0.2, 0) is 12.8 Å². The Morgan fingerprint density at radius 3 is 1.72 bits per heavy atom. The summed E-state index contributed by atoms with van der Waals surface area (Å²) in [5, 5.41) is 3.61. The molecule has 0 aliphatic rings. The average molecular weight is 279 g/mol. The second-order valence-electron chi connectivity index (χ2n) is 4.31. The first-order valence-electron chi connectivity index (χ1n) is 6.69. The Morgan fingerprint density at radius 1 is 0.889 bits per heavy atom. The zero-order valence-corrected chi connectivity index (χ0v) is 13.0. The van der Waals surface area contributed by atoms with Crippen molar-refractivity contribution in [2.24, 2.45) is 0 Å². The van der Waals surface area contributed by atoms with Crippen LogP contribution < -0.4 is 5.32 Å². The van der Waals surface area contributed by atoms with Crippen molar-refractivity contribution in [1.82, 2.24) is 5.32 Å². The predicted octanol–water partition coefficient (Wildman–Crippen LogP) is 4.63. The predicted molar refractivity (Wildman–Crippen MR) is 82.9 cm³/mol. The lowest BCUT2D eigenvalue weighted by Crippen LogP contribution is -2.20. The molecule has 2 rings (SSSR count). The van der Waals surface area contributed by atoms with E-state index in [9.17, 15) is 0 Å². The summed E-state index contributed by atoms with van der Waals surface area (Å²) < 4.78 is 0. The first kappa shape index (κ1) is 13.8. The van der Waals surface area contributed by atoms with Crippen LogP contribution in [0, 0.1) is 0 Å². The van der Waals surface area contributed by atoms with E-state index in [0.29, 0.717) is 6.04 Å². The fraction of sp³-hybridized carbons (Fsp3) is 0.467. The first-order valence-corrected chi connectivity index (χ1v) is 8.32. The molecule has 1 nitrogen and oxygen atoms in total. The summed E-state index contributed by atoms with van der Waals surface area (Å²) in [7, 11) is 0. The average Bonchev–Trinajstić information content (AvgIpc) is 3.04. The zero-order valence-electron chi connectivity index (χ0n) is 11.3. The summed E-state index contributed by atoms with van der Waals surface area (Å²) >= 11 is 3.87. The highest BCUT2D eigenvalue weighted by Gasteiger charge is 2.16. The molecule has 0 aliphatic carbocycles. The summed E-state index contributed by atoms with van der Waals surface area (Å²) in [5.74, 6) is 0. The monoisotopic (exact) mass is 279 g/mol. The van der Waals surface area contributed by atoms with E-state index in [1.807, 2.05) is 22.7 Å². The Bertz CT molecular complexity index is 442. The smallest absolute Gasteiger partial charge is 0.0765 e. The normalized spacial score (nSPS) is 11.3. The van der Waals surface area contributed by atoms with Crippen molar-refractivity contribution in [1.29, 1.82) is 0 Å². The van der Waals surface area contributed by atoms with Gasteiger partial charge >= 0.3 is 0 Å². The lowest BCUT2D eigenvalue weighted by molar-refractivity contribution is 0.649. The van der Waals surface area contributed by atoms with Crippen molar-refractivity contribution < 1.29 is 0 Å². The molecule has 0 amide bonds. The number of rotatable bonds is 6. The minimum absolute atomic E-state index is 0.380. The SMILES string of the molecule is CCNC(c1ccc(CC)s1)c1ccc(CC)s1. The fourth-order valence-corrected chi connectivity index (χ4v) is 4.19. The second kappa shape index (κ2) is 6.50. The summed E-state index contributed by atoms with van der Waals surface area (Å²) in [5.41, 5.74) is 0. The quantitative estimate of drug-likeness (QED) is 0.812. The van der Waals surface area contributed by atoms with E-state index in [1.165, 1.54) is 19.5 Å². The van der Waals surface area contributed by atoms with Crippen LogP contribution in [0.15, 0.2) is 24.3 Å². The van der Waals surface area contributed by atoms with Gasteiger partial charge in [-0.3, -0.25) is 0 Å². The van der Waals surface area contributed by atoms with Crippen molar-refractivity contribution in [3.63, 3.8) is 0 Å². The van der Waals surface area contributed by atoms with Crippen molar-refractivity contribution in [2.75, 3.05) is 6.54 Å². The molecule has 0 saturated heterocycles. The first-order chi connectivity index (χ1) is 8.78. The maximum atomic E-state index is 3.61. The standard InChI is InChI=1S/C15H21NS2/c1-4-11-7-9-13(17-11)15(16-6-3)14-10-8-12(5-2)18-14/h7-10,15-16H,4-6H2,1-3H3. The summed E-state index contributed by atoms with van der Waals surface area (Å²) in [6, 6.07) is 9.47. The molecule has 98 valence electrons. The van der Waals surface area contributed by atoms with Gasteiger partial charge in [-0.15, -0.1) is 22.7 Å². The van der Waals surface area contributed by atoms with Crippen LogP contribution in [0.4, 0.5) is 0 Å². The lowest BCUT2D eigenvalue weighted by atomic mass is 10.2. The van der Waals surface area contributed by atoms with E-state index in [4.69, 9.17) is 0 Å². The second-order valence-corrected chi connectivity index (χ2v) is 6.71. The highest BCUT2D eigenvalue weighted by molar-refractivity contribution is 7.13. The van der Waals surface area contributed by atoms with Gasteiger partial charge < -0.3 is 5.32 Å². The molecule has 2 aromatic heterocycles. The van der Waals surface area contributed by atoms with Gasteiger partial charge in [0.15, 0.2) is 0 Å². The number of nitrogens with one attached hydrogen (secondary N) is 1. The van der Waals surface area contributed by atoms with Crippen molar-refractivity contribution in [3.05, 3.63) is 43.8 Å². The Morgan fingerprint density at radius 2 is 1.39 bits per heavy atom. The molecule has 2 heterocycles. The number of hydrogen-bond acceptors (Lipinski definition) is 3. The van der Waals surface area contributed by atoms with E-state index in [2.05, 4.69) is 50.4 Å². The Kier molecular flexibility index (Phi) is 4.98. The van der Waals surface area contributed by atoms with Gasteiger partial charge in [-0.2, -0.15) is 0 Å². The van der Waals surface area contributed by atoms with Gasteiger partial charge in [-0.05, 0) is 43.7 Å². The van der Waals surface area contributed by atoms with Gasteiger partial charge in [-0.25, -0.2) is 0 Å². The largest absolute Gasteiger partial charge is 0.305 e. The van der Waals surface area contributed by atoms with Gasteiger partial charge in [0.05, 0.1) is 6.04 Å². The van der Waals surface area contributed by atoms with Crippen molar-refractivity contribution in [2.45, 2.75) is 39.7 Å². The molecule has 18 heavy (non-hydrogen) atoms. The molecule has 0 spiro atoms.